The number of amides is 2. The number of fused-ring (bicyclic) bond motifs is 1. The summed E-state index contributed by atoms with van der Waals surface area (Å²) in [6, 6.07) is 6.34. The molecule has 178 valence electrons. The number of hydrogen-bond acceptors (Lipinski definition) is 8. The van der Waals surface area contributed by atoms with Gasteiger partial charge in [-0.25, -0.2) is 14.8 Å². The summed E-state index contributed by atoms with van der Waals surface area (Å²) in [5.41, 5.74) is 1.43. The van der Waals surface area contributed by atoms with Crippen LogP contribution in [-0.2, 0) is 14.9 Å². The second kappa shape index (κ2) is 9.40. The van der Waals surface area contributed by atoms with Crippen LogP contribution in [0, 0.1) is 0 Å². The molecule has 3 N–H and O–H groups in total. The summed E-state index contributed by atoms with van der Waals surface area (Å²) in [4.78, 5) is 21.6. The summed E-state index contributed by atoms with van der Waals surface area (Å²) in [6.45, 7) is 7.11. The van der Waals surface area contributed by atoms with Crippen LogP contribution in [0.15, 0.2) is 30.5 Å². The van der Waals surface area contributed by atoms with E-state index in [0.29, 0.717) is 36.3 Å². The van der Waals surface area contributed by atoms with E-state index < -0.39 is 0 Å². The second-order valence-corrected chi connectivity index (χ2v) is 9.17. The highest BCUT2D eigenvalue weighted by atomic mass is 16.6. The number of hydrogen-bond donors (Lipinski definition) is 3. The molecule has 0 bridgehead atoms. The minimum Gasteiger partial charge on any atom is -0.497 e. The summed E-state index contributed by atoms with van der Waals surface area (Å²) < 4.78 is 22.4. The molecule has 3 heterocycles. The van der Waals surface area contributed by atoms with Crippen LogP contribution in [0.1, 0.15) is 26.5 Å². The molecule has 4 rings (SSSR count). The zero-order chi connectivity index (χ0) is 23.6. The van der Waals surface area contributed by atoms with Crippen molar-refractivity contribution in [1.29, 1.82) is 0 Å². The summed E-state index contributed by atoms with van der Waals surface area (Å²) in [7, 11) is 3.11. The minimum atomic E-state index is -0.360. The molecule has 10 nitrogen and oxygen atoms in total. The smallest absolute Gasteiger partial charge is 0.319 e. The first-order valence-electron chi connectivity index (χ1n) is 10.9. The van der Waals surface area contributed by atoms with Gasteiger partial charge in [-0.15, -0.1) is 0 Å². The number of anilines is 2. The average Bonchev–Trinajstić information content (AvgIpc) is 3.36. The summed E-state index contributed by atoms with van der Waals surface area (Å²) in [5.74, 6) is 1.71. The van der Waals surface area contributed by atoms with Crippen molar-refractivity contribution in [2.45, 2.75) is 50.5 Å². The van der Waals surface area contributed by atoms with Gasteiger partial charge in [0.15, 0.2) is 0 Å². The molecule has 2 aliphatic rings. The number of carbonyl (C=O) groups is 1. The van der Waals surface area contributed by atoms with E-state index in [1.54, 1.807) is 38.6 Å². The van der Waals surface area contributed by atoms with Crippen molar-refractivity contribution in [3.63, 3.8) is 0 Å². The Kier molecular flexibility index (Phi) is 6.57. The topological polar surface area (TPSA) is 116 Å². The number of ether oxygens (including phenoxy) is 4. The molecule has 1 aromatic heterocycles. The van der Waals surface area contributed by atoms with Crippen molar-refractivity contribution in [1.82, 2.24) is 15.3 Å². The maximum Gasteiger partial charge on any atom is 0.319 e. The van der Waals surface area contributed by atoms with Crippen molar-refractivity contribution in [3.8, 4) is 11.5 Å². The molecule has 2 aromatic rings. The van der Waals surface area contributed by atoms with Gasteiger partial charge in [0, 0.05) is 35.5 Å². The molecule has 4 atom stereocenters. The lowest BCUT2D eigenvalue weighted by atomic mass is 9.92. The Hall–Kier alpha value is -3.11. The van der Waals surface area contributed by atoms with E-state index in [9.17, 15) is 4.79 Å². The van der Waals surface area contributed by atoms with Crippen molar-refractivity contribution in [3.05, 3.63) is 36.2 Å². The van der Waals surface area contributed by atoms with Crippen LogP contribution < -0.4 is 25.4 Å². The molecule has 10 heteroatoms. The molecule has 0 aliphatic carbocycles. The first-order chi connectivity index (χ1) is 15.8. The number of rotatable bonds is 6. The number of benzene rings is 1. The standard InChI is InChI=1S/C23H31N5O5/c1-23(2,3)18-6-7-24-21(28-18)26-16-11-32-20-17(12-33-19(16)20)27-22(29)25-13-8-14(30-4)10-15(9-13)31-5/h6-10,16-17,19-20H,11-12H2,1-5H3,(H,24,26,28)(H2,25,27,29). The zero-order valence-corrected chi connectivity index (χ0v) is 19.5. The number of methoxy groups -OCH3 is 2. The molecular formula is C23H31N5O5. The Morgan fingerprint density at radius 2 is 1.67 bits per heavy atom. The molecule has 0 spiro atoms. The third kappa shape index (κ3) is 5.28. The van der Waals surface area contributed by atoms with E-state index in [1.807, 2.05) is 6.07 Å². The zero-order valence-electron chi connectivity index (χ0n) is 19.5. The third-order valence-electron chi connectivity index (χ3n) is 5.72. The fourth-order valence-corrected chi connectivity index (χ4v) is 3.97. The number of urea groups is 1. The normalized spacial score (nSPS) is 24.2. The molecule has 0 saturated carbocycles. The fraction of sp³-hybridized carbons (Fsp3) is 0.522. The Balaban J connectivity index is 1.35. The van der Waals surface area contributed by atoms with Crippen LogP contribution in [0.4, 0.5) is 16.4 Å². The largest absolute Gasteiger partial charge is 0.497 e. The van der Waals surface area contributed by atoms with E-state index >= 15 is 0 Å². The highest BCUT2D eigenvalue weighted by molar-refractivity contribution is 5.90. The van der Waals surface area contributed by atoms with Crippen LogP contribution in [0.5, 0.6) is 11.5 Å². The molecule has 1 aromatic carbocycles. The van der Waals surface area contributed by atoms with E-state index in [0.717, 1.165) is 5.69 Å². The van der Waals surface area contributed by atoms with Crippen molar-refractivity contribution >= 4 is 17.7 Å². The van der Waals surface area contributed by atoms with Gasteiger partial charge in [0.1, 0.15) is 23.7 Å². The summed E-state index contributed by atoms with van der Waals surface area (Å²) in [6.07, 6.45) is 1.27. The highest BCUT2D eigenvalue weighted by Gasteiger charge is 2.48. The maximum absolute atomic E-state index is 12.6. The van der Waals surface area contributed by atoms with E-state index in [4.69, 9.17) is 18.9 Å². The third-order valence-corrected chi connectivity index (χ3v) is 5.72. The number of aromatic nitrogens is 2. The van der Waals surface area contributed by atoms with Gasteiger partial charge in [-0.05, 0) is 6.07 Å². The van der Waals surface area contributed by atoms with Crippen LogP contribution in [0.25, 0.3) is 0 Å². The monoisotopic (exact) mass is 457 g/mol. The van der Waals surface area contributed by atoms with Crippen molar-refractivity contribution in [2.24, 2.45) is 0 Å². The minimum absolute atomic E-state index is 0.0763. The average molecular weight is 458 g/mol. The van der Waals surface area contributed by atoms with Gasteiger partial charge < -0.3 is 34.9 Å². The van der Waals surface area contributed by atoms with Gasteiger partial charge in [-0.3, -0.25) is 0 Å². The van der Waals surface area contributed by atoms with Crippen LogP contribution in [0.2, 0.25) is 0 Å². The van der Waals surface area contributed by atoms with Gasteiger partial charge >= 0.3 is 6.03 Å². The molecule has 2 aliphatic heterocycles. The Labute approximate surface area is 193 Å². The van der Waals surface area contributed by atoms with Gasteiger partial charge in [0.05, 0.1) is 45.2 Å². The molecule has 4 unspecified atom stereocenters. The fourth-order valence-electron chi connectivity index (χ4n) is 3.97. The molecule has 2 fully saturated rings. The molecule has 33 heavy (non-hydrogen) atoms. The number of carbonyl (C=O) groups excluding carboxylic acids is 1. The molecule has 2 amide bonds. The lowest BCUT2D eigenvalue weighted by molar-refractivity contribution is 0.0683. The van der Waals surface area contributed by atoms with Crippen LogP contribution in [0.3, 0.4) is 0 Å². The Morgan fingerprint density at radius 1 is 1.03 bits per heavy atom. The quantitative estimate of drug-likeness (QED) is 0.606. The summed E-state index contributed by atoms with van der Waals surface area (Å²) >= 11 is 0. The lowest BCUT2D eigenvalue weighted by Crippen LogP contribution is -2.46. The Morgan fingerprint density at radius 3 is 2.30 bits per heavy atom. The van der Waals surface area contributed by atoms with Crippen LogP contribution in [-0.4, -0.2) is 67.7 Å². The highest BCUT2D eigenvalue weighted by Crippen LogP contribution is 2.30. The SMILES string of the molecule is COc1cc(NC(=O)NC2COC3C(Nc4nccc(C(C)(C)C)n4)COC23)cc(OC)c1. The maximum atomic E-state index is 12.6. The van der Waals surface area contributed by atoms with Gasteiger partial charge in [0.25, 0.3) is 0 Å². The lowest BCUT2D eigenvalue weighted by Gasteiger charge is -2.21. The van der Waals surface area contributed by atoms with Crippen molar-refractivity contribution in [2.75, 3.05) is 38.1 Å². The molecular weight excluding hydrogens is 426 g/mol. The number of nitrogens with one attached hydrogen (secondary N) is 3. The van der Waals surface area contributed by atoms with Crippen molar-refractivity contribution < 1.29 is 23.7 Å². The summed E-state index contributed by atoms with van der Waals surface area (Å²) in [5, 5.41) is 9.09. The second-order valence-electron chi connectivity index (χ2n) is 9.17. The van der Waals surface area contributed by atoms with E-state index in [-0.39, 0.29) is 35.7 Å². The van der Waals surface area contributed by atoms with E-state index in [2.05, 4.69) is 46.7 Å². The number of nitrogens with zero attached hydrogens (tertiary/aromatic N) is 2. The van der Waals surface area contributed by atoms with Crippen LogP contribution >= 0.6 is 0 Å². The predicted molar refractivity (Wildman–Crippen MR) is 123 cm³/mol. The molecule has 2 saturated heterocycles. The van der Waals surface area contributed by atoms with E-state index in [1.165, 1.54) is 0 Å². The van der Waals surface area contributed by atoms with Gasteiger partial charge in [-0.2, -0.15) is 0 Å². The van der Waals surface area contributed by atoms with Gasteiger partial charge in [0.2, 0.25) is 5.95 Å². The first kappa shape index (κ1) is 23.1. The first-order valence-corrected chi connectivity index (χ1v) is 10.9. The molecule has 0 radical (unpaired) electrons. The predicted octanol–water partition coefficient (Wildman–Crippen LogP) is 2.56. The van der Waals surface area contributed by atoms with Gasteiger partial charge in [-0.1, -0.05) is 20.8 Å². The Bertz CT molecular complexity index is 973.